The first-order valence-electron chi connectivity index (χ1n) is 7.81. The molecule has 1 unspecified atom stereocenters. The van der Waals surface area contributed by atoms with Crippen LogP contribution in [0.1, 0.15) is 50.0 Å². The predicted molar refractivity (Wildman–Crippen MR) is 80.4 cm³/mol. The third-order valence-corrected chi connectivity index (χ3v) is 4.76. The van der Waals surface area contributed by atoms with Crippen molar-refractivity contribution in [2.24, 2.45) is 5.92 Å². The van der Waals surface area contributed by atoms with E-state index in [-0.39, 0.29) is 11.8 Å². The Bertz CT molecular complexity index is 549. The fourth-order valence-electron chi connectivity index (χ4n) is 3.62. The van der Waals surface area contributed by atoms with E-state index in [0.717, 1.165) is 36.9 Å². The fourth-order valence-corrected chi connectivity index (χ4v) is 3.62. The number of nitrogens with zero attached hydrogens (tertiary/aromatic N) is 1. The lowest BCUT2D eigenvalue weighted by molar-refractivity contribution is -0.139. The van der Waals surface area contributed by atoms with Gasteiger partial charge in [-0.1, -0.05) is 37.5 Å². The van der Waals surface area contributed by atoms with Crippen molar-refractivity contribution in [1.29, 1.82) is 0 Å². The standard InChI is InChI=1S/C17H21NO3/c19-16(12-6-2-1-3-7-12)18-11-10-14(17(20)21)13-8-4-5-9-15(13)18/h4-5,8-9,12,14H,1-3,6-7,10-11H2,(H,20,21). The van der Waals surface area contributed by atoms with Crippen molar-refractivity contribution in [2.45, 2.75) is 44.4 Å². The zero-order valence-corrected chi connectivity index (χ0v) is 12.1. The molecule has 0 aromatic heterocycles. The van der Waals surface area contributed by atoms with Crippen molar-refractivity contribution < 1.29 is 14.7 Å². The number of hydrogen-bond acceptors (Lipinski definition) is 2. The molecule has 2 aliphatic rings. The van der Waals surface area contributed by atoms with E-state index in [2.05, 4.69) is 0 Å². The van der Waals surface area contributed by atoms with Gasteiger partial charge in [-0.05, 0) is 30.9 Å². The Balaban J connectivity index is 1.88. The summed E-state index contributed by atoms with van der Waals surface area (Å²) in [5.74, 6) is -0.983. The summed E-state index contributed by atoms with van der Waals surface area (Å²) in [5.41, 5.74) is 1.58. The van der Waals surface area contributed by atoms with Crippen LogP contribution in [-0.4, -0.2) is 23.5 Å². The van der Waals surface area contributed by atoms with Crippen molar-refractivity contribution in [3.63, 3.8) is 0 Å². The number of carbonyl (C=O) groups is 2. The van der Waals surface area contributed by atoms with Gasteiger partial charge < -0.3 is 10.0 Å². The molecule has 4 heteroatoms. The van der Waals surface area contributed by atoms with Gasteiger partial charge in [-0.3, -0.25) is 9.59 Å². The number of amides is 1. The molecule has 4 nitrogen and oxygen atoms in total. The highest BCUT2D eigenvalue weighted by Crippen LogP contribution is 2.37. The fraction of sp³-hybridized carbons (Fsp3) is 0.529. The number of aliphatic carboxylic acids is 1. The minimum Gasteiger partial charge on any atom is -0.481 e. The smallest absolute Gasteiger partial charge is 0.311 e. The van der Waals surface area contributed by atoms with Gasteiger partial charge >= 0.3 is 5.97 Å². The van der Waals surface area contributed by atoms with Crippen molar-refractivity contribution in [2.75, 3.05) is 11.4 Å². The minimum absolute atomic E-state index is 0.119. The third kappa shape index (κ3) is 2.67. The van der Waals surface area contributed by atoms with E-state index >= 15 is 0 Å². The SMILES string of the molecule is O=C(O)C1CCN(C(=O)C2CCCCC2)c2ccccc21. The molecule has 3 rings (SSSR count). The number of carboxylic acids is 1. The molecule has 1 N–H and O–H groups in total. The summed E-state index contributed by atoms with van der Waals surface area (Å²) >= 11 is 0. The first-order valence-corrected chi connectivity index (χ1v) is 7.81. The van der Waals surface area contributed by atoms with E-state index in [4.69, 9.17) is 0 Å². The van der Waals surface area contributed by atoms with E-state index in [9.17, 15) is 14.7 Å². The molecule has 1 aromatic rings. The van der Waals surface area contributed by atoms with E-state index in [1.54, 1.807) is 0 Å². The monoisotopic (exact) mass is 287 g/mol. The van der Waals surface area contributed by atoms with Gasteiger partial charge in [-0.25, -0.2) is 0 Å². The molecule has 0 saturated heterocycles. The highest BCUT2D eigenvalue weighted by atomic mass is 16.4. The first kappa shape index (κ1) is 14.1. The molecule has 0 spiro atoms. The zero-order valence-electron chi connectivity index (χ0n) is 12.1. The van der Waals surface area contributed by atoms with Gasteiger partial charge in [0.15, 0.2) is 0 Å². The van der Waals surface area contributed by atoms with Crippen LogP contribution in [-0.2, 0) is 9.59 Å². The van der Waals surface area contributed by atoms with E-state index in [1.165, 1.54) is 6.42 Å². The third-order valence-electron chi connectivity index (χ3n) is 4.76. The molecule has 1 aliphatic heterocycles. The summed E-state index contributed by atoms with van der Waals surface area (Å²) in [5, 5.41) is 9.36. The van der Waals surface area contributed by atoms with Crippen LogP contribution in [0, 0.1) is 5.92 Å². The molecule has 1 heterocycles. The molecule has 0 bridgehead atoms. The van der Waals surface area contributed by atoms with Crippen LogP contribution in [0.2, 0.25) is 0 Å². The lowest BCUT2D eigenvalue weighted by atomic mass is 9.85. The van der Waals surface area contributed by atoms with E-state index < -0.39 is 11.9 Å². The molecule has 1 atom stereocenters. The number of fused-ring (bicyclic) bond motifs is 1. The van der Waals surface area contributed by atoms with E-state index in [1.807, 2.05) is 29.2 Å². The van der Waals surface area contributed by atoms with Gasteiger partial charge in [0.25, 0.3) is 0 Å². The number of benzene rings is 1. The minimum atomic E-state index is -0.799. The molecular weight excluding hydrogens is 266 g/mol. The summed E-state index contributed by atoms with van der Waals surface area (Å²) in [6.45, 7) is 0.517. The topological polar surface area (TPSA) is 57.6 Å². The molecule has 1 amide bonds. The second kappa shape index (κ2) is 5.88. The number of anilines is 1. The maximum absolute atomic E-state index is 12.8. The number of carbonyl (C=O) groups excluding carboxylic acids is 1. The number of para-hydroxylation sites is 1. The van der Waals surface area contributed by atoms with Crippen LogP contribution >= 0.6 is 0 Å². The van der Waals surface area contributed by atoms with Crippen molar-refractivity contribution >= 4 is 17.6 Å². The molecule has 1 aromatic carbocycles. The Kier molecular flexibility index (Phi) is 3.95. The highest BCUT2D eigenvalue weighted by Gasteiger charge is 2.35. The second-order valence-corrected chi connectivity index (χ2v) is 6.06. The van der Waals surface area contributed by atoms with Crippen LogP contribution in [0.25, 0.3) is 0 Å². The van der Waals surface area contributed by atoms with Crippen molar-refractivity contribution in [3.8, 4) is 0 Å². The van der Waals surface area contributed by atoms with E-state index in [0.29, 0.717) is 13.0 Å². The van der Waals surface area contributed by atoms with Gasteiger partial charge in [0.05, 0.1) is 5.92 Å². The molecule has 1 aliphatic carbocycles. The summed E-state index contributed by atoms with van der Waals surface area (Å²) in [7, 11) is 0. The highest BCUT2D eigenvalue weighted by molar-refractivity contribution is 5.97. The lowest BCUT2D eigenvalue weighted by Crippen LogP contribution is -2.42. The van der Waals surface area contributed by atoms with Gasteiger partial charge in [-0.2, -0.15) is 0 Å². The maximum atomic E-state index is 12.8. The average molecular weight is 287 g/mol. The Morgan fingerprint density at radius 3 is 2.48 bits per heavy atom. The summed E-state index contributed by atoms with van der Waals surface area (Å²) in [6.07, 6.45) is 5.93. The molecule has 21 heavy (non-hydrogen) atoms. The molecular formula is C17H21NO3. The summed E-state index contributed by atoms with van der Waals surface area (Å²) in [4.78, 5) is 26.0. The first-order chi connectivity index (χ1) is 10.2. The van der Waals surface area contributed by atoms with Crippen LogP contribution < -0.4 is 4.90 Å². The van der Waals surface area contributed by atoms with Crippen LogP contribution in [0.3, 0.4) is 0 Å². The number of hydrogen-bond donors (Lipinski definition) is 1. The molecule has 1 fully saturated rings. The Morgan fingerprint density at radius 2 is 1.76 bits per heavy atom. The predicted octanol–water partition coefficient (Wildman–Crippen LogP) is 3.17. The van der Waals surface area contributed by atoms with Gasteiger partial charge in [-0.15, -0.1) is 0 Å². The van der Waals surface area contributed by atoms with Gasteiger partial charge in [0.1, 0.15) is 0 Å². The van der Waals surface area contributed by atoms with Crippen LogP contribution in [0.5, 0.6) is 0 Å². The second-order valence-electron chi connectivity index (χ2n) is 6.06. The van der Waals surface area contributed by atoms with Gasteiger partial charge in [0, 0.05) is 18.2 Å². The Hall–Kier alpha value is -1.84. The van der Waals surface area contributed by atoms with Crippen LogP contribution in [0.15, 0.2) is 24.3 Å². The Labute approximate surface area is 124 Å². The number of carboxylic acid groups (broad SMARTS) is 1. The number of rotatable bonds is 2. The van der Waals surface area contributed by atoms with Crippen molar-refractivity contribution in [1.82, 2.24) is 0 Å². The average Bonchev–Trinajstić information content (AvgIpc) is 2.54. The molecule has 1 saturated carbocycles. The quantitative estimate of drug-likeness (QED) is 0.909. The lowest BCUT2D eigenvalue weighted by Gasteiger charge is -2.35. The van der Waals surface area contributed by atoms with Gasteiger partial charge in [0.2, 0.25) is 5.91 Å². The van der Waals surface area contributed by atoms with Crippen molar-refractivity contribution in [3.05, 3.63) is 29.8 Å². The maximum Gasteiger partial charge on any atom is 0.311 e. The normalized spacial score (nSPS) is 22.7. The zero-order chi connectivity index (χ0) is 14.8. The molecule has 0 radical (unpaired) electrons. The summed E-state index contributed by atoms with van der Waals surface area (Å²) in [6, 6.07) is 7.45. The molecule has 112 valence electrons. The largest absolute Gasteiger partial charge is 0.481 e. The van der Waals surface area contributed by atoms with Crippen LogP contribution in [0.4, 0.5) is 5.69 Å². The Morgan fingerprint density at radius 1 is 1.05 bits per heavy atom. The summed E-state index contributed by atoms with van der Waals surface area (Å²) < 4.78 is 0.